The lowest BCUT2D eigenvalue weighted by Crippen LogP contribution is -1.99. The van der Waals surface area contributed by atoms with Gasteiger partial charge in [-0.25, -0.2) is 0 Å². The minimum absolute atomic E-state index is 0.106. The highest BCUT2D eigenvalue weighted by atomic mass is 16.3. The molecule has 3 rings (SSSR count). The molecule has 1 aromatic carbocycles. The van der Waals surface area contributed by atoms with E-state index in [1.54, 1.807) is 6.07 Å². The molecule has 0 saturated heterocycles. The Morgan fingerprint density at radius 1 is 1.30 bits per heavy atom. The molecule has 2 heterocycles. The first-order valence-corrected chi connectivity index (χ1v) is 5.77. The molecule has 0 atom stereocenters. The number of aliphatic hydroxyl groups excluding tert-OH is 1. The number of carbonyl (C=O) groups excluding carboxylic acids is 1. The average molecular weight is 267 g/mol. The first kappa shape index (κ1) is 12.0. The summed E-state index contributed by atoms with van der Waals surface area (Å²) in [5, 5.41) is 23.4. The number of aromatic amines is 1. The Morgan fingerprint density at radius 2 is 2.15 bits per heavy atom. The van der Waals surface area contributed by atoms with Crippen LogP contribution >= 0.6 is 0 Å². The summed E-state index contributed by atoms with van der Waals surface area (Å²) >= 11 is 0. The van der Waals surface area contributed by atoms with Gasteiger partial charge in [-0.1, -0.05) is 18.2 Å². The number of aliphatic hydroxyl groups is 1. The molecule has 2 N–H and O–H groups in total. The topological polar surface area (TPSA) is 105 Å². The number of hydrogen-bond acceptors (Lipinski definition) is 6. The molecule has 20 heavy (non-hydrogen) atoms. The molecule has 98 valence electrons. The Balaban J connectivity index is 1.95. The number of allylic oxidation sites excluding steroid dienone is 1. The lowest BCUT2D eigenvalue weighted by molar-refractivity contribution is 0.103. The third-order valence-electron chi connectivity index (χ3n) is 2.72. The average Bonchev–Trinajstić information content (AvgIpc) is 3.01. The number of fused-ring (bicyclic) bond motifs is 1. The molecule has 0 aliphatic heterocycles. The Bertz CT molecular complexity index is 795. The molecule has 0 unspecified atom stereocenters. The van der Waals surface area contributed by atoms with E-state index in [2.05, 4.69) is 25.6 Å². The second-order valence-electron chi connectivity index (χ2n) is 4.05. The number of nitrogens with one attached hydrogen (secondary N) is 1. The van der Waals surface area contributed by atoms with Crippen LogP contribution in [-0.2, 0) is 0 Å². The predicted octanol–water partition coefficient (Wildman–Crippen LogP) is 1.53. The van der Waals surface area contributed by atoms with E-state index in [4.69, 9.17) is 0 Å². The second-order valence-corrected chi connectivity index (χ2v) is 4.05. The third-order valence-corrected chi connectivity index (χ3v) is 2.72. The van der Waals surface area contributed by atoms with Gasteiger partial charge >= 0.3 is 0 Å². The summed E-state index contributed by atoms with van der Waals surface area (Å²) < 4.78 is 0. The molecule has 3 aromatic rings. The lowest BCUT2D eigenvalue weighted by Gasteiger charge is -2.01. The fourth-order valence-corrected chi connectivity index (χ4v) is 1.75. The monoisotopic (exact) mass is 267 g/mol. The SMILES string of the molecule is O=C(C=C(O)c1cnc2ccccc2c1)c1nn[nH]n1. The molecule has 7 nitrogen and oxygen atoms in total. The van der Waals surface area contributed by atoms with E-state index in [0.29, 0.717) is 5.56 Å². The number of H-pyrrole nitrogens is 1. The van der Waals surface area contributed by atoms with Crippen LogP contribution in [0.2, 0.25) is 0 Å². The van der Waals surface area contributed by atoms with Crippen LogP contribution in [0.15, 0.2) is 42.6 Å². The van der Waals surface area contributed by atoms with E-state index in [-0.39, 0.29) is 11.6 Å². The number of carbonyl (C=O) groups is 1. The molecule has 0 aliphatic carbocycles. The van der Waals surface area contributed by atoms with Crippen LogP contribution in [0.4, 0.5) is 0 Å². The largest absolute Gasteiger partial charge is 0.507 e. The number of aromatic nitrogens is 5. The zero-order valence-corrected chi connectivity index (χ0v) is 10.2. The zero-order valence-electron chi connectivity index (χ0n) is 10.2. The van der Waals surface area contributed by atoms with Gasteiger partial charge in [0.1, 0.15) is 5.76 Å². The van der Waals surface area contributed by atoms with Crippen molar-refractivity contribution >= 4 is 22.4 Å². The van der Waals surface area contributed by atoms with Crippen LogP contribution in [0.5, 0.6) is 0 Å². The normalized spacial score (nSPS) is 11.7. The van der Waals surface area contributed by atoms with Crippen molar-refractivity contribution < 1.29 is 9.90 Å². The van der Waals surface area contributed by atoms with Gasteiger partial charge in [-0.05, 0) is 17.3 Å². The maximum Gasteiger partial charge on any atom is 0.244 e. The van der Waals surface area contributed by atoms with Gasteiger partial charge in [0.25, 0.3) is 0 Å². The number of rotatable bonds is 3. The van der Waals surface area contributed by atoms with Gasteiger partial charge in [0.05, 0.1) is 5.52 Å². The summed E-state index contributed by atoms with van der Waals surface area (Å²) in [4.78, 5) is 15.9. The first-order chi connectivity index (χ1) is 9.74. The quantitative estimate of drug-likeness (QED) is 0.423. The van der Waals surface area contributed by atoms with Crippen molar-refractivity contribution in [2.45, 2.75) is 0 Å². The van der Waals surface area contributed by atoms with E-state index in [1.165, 1.54) is 6.20 Å². The van der Waals surface area contributed by atoms with Gasteiger partial charge in [0, 0.05) is 23.2 Å². The predicted molar refractivity (Wildman–Crippen MR) is 70.9 cm³/mol. The van der Waals surface area contributed by atoms with Gasteiger partial charge in [0.15, 0.2) is 0 Å². The summed E-state index contributed by atoms with van der Waals surface area (Å²) in [7, 11) is 0. The minimum atomic E-state index is -0.538. The molecule has 0 fully saturated rings. The van der Waals surface area contributed by atoms with Crippen molar-refractivity contribution in [3.05, 3.63) is 54.0 Å². The lowest BCUT2D eigenvalue weighted by atomic mass is 10.1. The van der Waals surface area contributed by atoms with Crippen LogP contribution in [-0.4, -0.2) is 36.5 Å². The number of nitrogens with zero attached hydrogens (tertiary/aromatic N) is 4. The summed E-state index contributed by atoms with van der Waals surface area (Å²) in [5.74, 6) is -0.840. The van der Waals surface area contributed by atoms with Crippen molar-refractivity contribution in [1.29, 1.82) is 0 Å². The summed E-state index contributed by atoms with van der Waals surface area (Å²) in [6, 6.07) is 9.24. The molecule has 2 aromatic heterocycles. The number of para-hydroxylation sites is 1. The van der Waals surface area contributed by atoms with Gasteiger partial charge in [0.2, 0.25) is 11.6 Å². The maximum absolute atomic E-state index is 11.7. The van der Waals surface area contributed by atoms with E-state index < -0.39 is 5.78 Å². The van der Waals surface area contributed by atoms with E-state index in [1.807, 2.05) is 24.3 Å². The minimum Gasteiger partial charge on any atom is -0.507 e. The van der Waals surface area contributed by atoms with Crippen molar-refractivity contribution in [3.8, 4) is 0 Å². The van der Waals surface area contributed by atoms with Gasteiger partial charge in [-0.2, -0.15) is 5.21 Å². The van der Waals surface area contributed by atoms with Crippen molar-refractivity contribution in [2.24, 2.45) is 0 Å². The highest BCUT2D eigenvalue weighted by molar-refractivity contribution is 6.05. The molecule has 0 saturated carbocycles. The molecule has 0 aliphatic rings. The fourth-order valence-electron chi connectivity index (χ4n) is 1.75. The van der Waals surface area contributed by atoms with Crippen LogP contribution in [0, 0.1) is 0 Å². The van der Waals surface area contributed by atoms with Crippen LogP contribution in [0.3, 0.4) is 0 Å². The fraction of sp³-hybridized carbons (Fsp3) is 0. The van der Waals surface area contributed by atoms with E-state index in [9.17, 15) is 9.90 Å². The van der Waals surface area contributed by atoms with Crippen molar-refractivity contribution in [3.63, 3.8) is 0 Å². The van der Waals surface area contributed by atoms with Crippen LogP contribution in [0.1, 0.15) is 16.2 Å². The highest BCUT2D eigenvalue weighted by Gasteiger charge is 2.10. The maximum atomic E-state index is 11.7. The molecule has 0 bridgehead atoms. The van der Waals surface area contributed by atoms with E-state index >= 15 is 0 Å². The number of benzene rings is 1. The molecule has 7 heteroatoms. The second kappa shape index (κ2) is 4.88. The summed E-state index contributed by atoms with van der Waals surface area (Å²) in [6.45, 7) is 0. The molecular formula is C13H9N5O2. The van der Waals surface area contributed by atoms with Gasteiger partial charge < -0.3 is 5.11 Å². The smallest absolute Gasteiger partial charge is 0.244 e. The number of hydrogen-bond donors (Lipinski definition) is 2. The molecule has 0 spiro atoms. The Hall–Kier alpha value is -3.09. The zero-order chi connectivity index (χ0) is 13.9. The Morgan fingerprint density at radius 3 is 2.95 bits per heavy atom. The van der Waals surface area contributed by atoms with Gasteiger partial charge in [-0.3, -0.25) is 9.78 Å². The number of ketones is 1. The van der Waals surface area contributed by atoms with Crippen LogP contribution in [0.25, 0.3) is 16.7 Å². The molecule has 0 radical (unpaired) electrons. The Labute approximate surface area is 113 Å². The standard InChI is InChI=1S/C13H9N5O2/c19-11(6-12(20)13-15-17-18-16-13)9-5-8-3-1-2-4-10(8)14-7-9/h1-7,19H,(H,15,16,17,18). The Kier molecular flexibility index (Phi) is 2.92. The van der Waals surface area contributed by atoms with Crippen molar-refractivity contribution in [1.82, 2.24) is 25.6 Å². The molecular weight excluding hydrogens is 258 g/mol. The third kappa shape index (κ3) is 2.24. The summed E-state index contributed by atoms with van der Waals surface area (Å²) in [5.41, 5.74) is 1.26. The van der Waals surface area contributed by atoms with E-state index in [0.717, 1.165) is 17.0 Å². The number of pyridine rings is 1. The van der Waals surface area contributed by atoms with Gasteiger partial charge in [-0.15, -0.1) is 10.2 Å². The summed E-state index contributed by atoms with van der Waals surface area (Å²) in [6.07, 6.45) is 2.54. The molecule has 0 amide bonds. The van der Waals surface area contributed by atoms with Crippen LogP contribution < -0.4 is 0 Å². The number of tetrazole rings is 1. The highest BCUT2D eigenvalue weighted by Crippen LogP contribution is 2.17. The first-order valence-electron chi connectivity index (χ1n) is 5.77. The van der Waals surface area contributed by atoms with Crippen molar-refractivity contribution in [2.75, 3.05) is 0 Å².